The molecular weight excluding hydrogens is 481 g/mol. The Kier molecular flexibility index (Phi) is 9.22. The van der Waals surface area contributed by atoms with Crippen LogP contribution >= 0.6 is 24.0 Å². The molecule has 0 spiro atoms. The Morgan fingerprint density at radius 2 is 2.17 bits per heavy atom. The molecule has 3 rings (SSSR count). The molecule has 1 saturated heterocycles. The van der Waals surface area contributed by atoms with E-state index in [2.05, 4.69) is 40.2 Å². The Bertz CT molecular complexity index is 793. The lowest BCUT2D eigenvalue weighted by Crippen LogP contribution is -2.47. The van der Waals surface area contributed by atoms with Crippen molar-refractivity contribution >= 4 is 29.9 Å². The number of halogens is 1. The molecule has 0 aliphatic carbocycles. The quantitative estimate of drug-likeness (QED) is 0.365. The lowest BCUT2D eigenvalue weighted by Gasteiger charge is -2.34. The van der Waals surface area contributed by atoms with Gasteiger partial charge in [-0.05, 0) is 12.0 Å². The average Bonchev–Trinajstić information content (AvgIpc) is 3.14. The minimum atomic E-state index is 0. The van der Waals surface area contributed by atoms with Gasteiger partial charge >= 0.3 is 0 Å². The minimum Gasteiger partial charge on any atom is -0.493 e. The van der Waals surface area contributed by atoms with E-state index in [0.29, 0.717) is 25.7 Å². The number of aromatic nitrogens is 2. The normalized spacial score (nSPS) is 17.2. The lowest BCUT2D eigenvalue weighted by atomic mass is 10.1. The van der Waals surface area contributed by atoms with Crippen LogP contribution < -0.4 is 10.1 Å². The zero-order chi connectivity index (χ0) is 19.9. The van der Waals surface area contributed by atoms with E-state index in [1.165, 1.54) is 0 Å². The number of morpholine rings is 1. The van der Waals surface area contributed by atoms with Crippen molar-refractivity contribution in [2.45, 2.75) is 26.5 Å². The molecule has 1 N–H and O–H groups in total. The summed E-state index contributed by atoms with van der Waals surface area (Å²) in [7, 11) is 3.74. The van der Waals surface area contributed by atoms with Crippen LogP contribution in [0.15, 0.2) is 41.7 Å². The summed E-state index contributed by atoms with van der Waals surface area (Å²) in [5.41, 5.74) is 2.22. The van der Waals surface area contributed by atoms with E-state index in [-0.39, 0.29) is 30.1 Å². The number of rotatable bonds is 6. The monoisotopic (exact) mass is 513 g/mol. The Labute approximate surface area is 190 Å². The first-order valence-corrected chi connectivity index (χ1v) is 9.83. The number of ether oxygens (including phenoxy) is 2. The zero-order valence-electron chi connectivity index (χ0n) is 17.7. The highest BCUT2D eigenvalue weighted by Crippen LogP contribution is 2.22. The van der Waals surface area contributed by atoms with Crippen molar-refractivity contribution in [3.63, 3.8) is 0 Å². The predicted octanol–water partition coefficient (Wildman–Crippen LogP) is 3.22. The van der Waals surface area contributed by atoms with Gasteiger partial charge in [0.1, 0.15) is 11.9 Å². The Morgan fingerprint density at radius 3 is 2.86 bits per heavy atom. The summed E-state index contributed by atoms with van der Waals surface area (Å²) >= 11 is 0. The Hall–Kier alpha value is -1.81. The van der Waals surface area contributed by atoms with Crippen molar-refractivity contribution in [3.8, 4) is 5.75 Å². The molecule has 0 saturated carbocycles. The van der Waals surface area contributed by atoms with Gasteiger partial charge in [0, 0.05) is 44.5 Å². The predicted molar refractivity (Wildman–Crippen MR) is 126 cm³/mol. The fraction of sp³-hybridized carbons (Fsp3) is 0.524. The van der Waals surface area contributed by atoms with Gasteiger partial charge in [-0.15, -0.1) is 24.0 Å². The van der Waals surface area contributed by atoms with Gasteiger partial charge < -0.3 is 19.7 Å². The molecule has 2 aromatic rings. The third-order valence-corrected chi connectivity index (χ3v) is 4.66. The average molecular weight is 513 g/mol. The van der Waals surface area contributed by atoms with E-state index < -0.39 is 0 Å². The van der Waals surface area contributed by atoms with Crippen molar-refractivity contribution in [1.29, 1.82) is 0 Å². The molecule has 160 valence electrons. The largest absolute Gasteiger partial charge is 0.493 e. The van der Waals surface area contributed by atoms with Crippen LogP contribution in [0, 0.1) is 5.92 Å². The van der Waals surface area contributed by atoms with E-state index in [9.17, 15) is 0 Å². The summed E-state index contributed by atoms with van der Waals surface area (Å²) < 4.78 is 13.7. The van der Waals surface area contributed by atoms with E-state index in [1.807, 2.05) is 44.7 Å². The first-order valence-electron chi connectivity index (χ1n) is 9.83. The molecule has 0 amide bonds. The Balaban J connectivity index is 0.00000300. The van der Waals surface area contributed by atoms with E-state index >= 15 is 0 Å². The summed E-state index contributed by atoms with van der Waals surface area (Å²) in [6.07, 6.45) is 3.88. The minimum absolute atomic E-state index is 0. The number of aryl methyl sites for hydroxylation is 1. The number of guanidine groups is 1. The molecule has 1 fully saturated rings. The standard InChI is InChI=1S/C21H31N5O2.HI/c1-16(2)15-28-19-8-6-5-7-17(19)11-23-21(22-3)26-9-10-27-20(14-26)18-12-24-25(4)13-18;/h5-8,12-13,16,20H,9-11,14-15H2,1-4H3,(H,22,23);1H. The van der Waals surface area contributed by atoms with Gasteiger partial charge in [-0.25, -0.2) is 0 Å². The van der Waals surface area contributed by atoms with E-state index in [1.54, 1.807) is 4.68 Å². The first kappa shape index (κ1) is 23.5. The van der Waals surface area contributed by atoms with E-state index in [4.69, 9.17) is 9.47 Å². The summed E-state index contributed by atoms with van der Waals surface area (Å²) in [5, 5.41) is 7.74. The van der Waals surface area contributed by atoms with Crippen LogP contribution in [0.25, 0.3) is 0 Å². The topological polar surface area (TPSA) is 63.9 Å². The zero-order valence-corrected chi connectivity index (χ0v) is 20.0. The second-order valence-corrected chi connectivity index (χ2v) is 7.47. The van der Waals surface area contributed by atoms with Crippen LogP contribution in [0.1, 0.15) is 31.1 Å². The molecule has 7 nitrogen and oxygen atoms in total. The fourth-order valence-electron chi connectivity index (χ4n) is 3.20. The number of nitrogens with one attached hydrogen (secondary N) is 1. The number of nitrogens with zero attached hydrogens (tertiary/aromatic N) is 4. The molecule has 1 aromatic heterocycles. The highest BCUT2D eigenvalue weighted by Gasteiger charge is 2.25. The molecule has 29 heavy (non-hydrogen) atoms. The maximum absolute atomic E-state index is 5.96. The van der Waals surface area contributed by atoms with Crippen LogP contribution in [0.2, 0.25) is 0 Å². The highest BCUT2D eigenvalue weighted by molar-refractivity contribution is 14.0. The number of aliphatic imine (C=N–C) groups is 1. The molecule has 1 aliphatic heterocycles. The molecule has 1 unspecified atom stereocenters. The van der Waals surface area contributed by atoms with Gasteiger partial charge in [0.05, 0.1) is 26.0 Å². The van der Waals surface area contributed by atoms with Crippen LogP contribution in [0.3, 0.4) is 0 Å². The van der Waals surface area contributed by atoms with Crippen molar-refractivity contribution in [3.05, 3.63) is 47.8 Å². The van der Waals surface area contributed by atoms with Gasteiger partial charge in [-0.1, -0.05) is 32.0 Å². The number of hydrogen-bond donors (Lipinski definition) is 1. The van der Waals surface area contributed by atoms with Gasteiger partial charge in [-0.2, -0.15) is 5.10 Å². The summed E-state index contributed by atoms with van der Waals surface area (Å²) in [4.78, 5) is 6.71. The smallest absolute Gasteiger partial charge is 0.194 e. The first-order chi connectivity index (χ1) is 13.6. The third kappa shape index (κ3) is 6.60. The fourth-order valence-corrected chi connectivity index (χ4v) is 3.20. The highest BCUT2D eigenvalue weighted by atomic mass is 127. The van der Waals surface area contributed by atoms with Gasteiger partial charge in [0.25, 0.3) is 0 Å². The summed E-state index contributed by atoms with van der Waals surface area (Å²) in [6.45, 7) is 7.89. The summed E-state index contributed by atoms with van der Waals surface area (Å²) in [5.74, 6) is 2.29. The number of para-hydroxylation sites is 1. The van der Waals surface area contributed by atoms with Gasteiger partial charge in [-0.3, -0.25) is 9.67 Å². The third-order valence-electron chi connectivity index (χ3n) is 4.66. The molecule has 8 heteroatoms. The van der Waals surface area contributed by atoms with Crippen molar-refractivity contribution in [2.24, 2.45) is 18.0 Å². The van der Waals surface area contributed by atoms with Crippen molar-refractivity contribution in [2.75, 3.05) is 33.4 Å². The SMILES string of the molecule is CN=C(NCc1ccccc1OCC(C)C)N1CCOC(c2cnn(C)c2)C1.I. The van der Waals surface area contributed by atoms with Gasteiger partial charge in [0.15, 0.2) is 5.96 Å². The molecule has 0 radical (unpaired) electrons. The molecule has 1 aromatic carbocycles. The van der Waals surface area contributed by atoms with Crippen LogP contribution in [0.5, 0.6) is 5.75 Å². The number of hydrogen-bond acceptors (Lipinski definition) is 4. The summed E-state index contributed by atoms with van der Waals surface area (Å²) in [6, 6.07) is 8.16. The van der Waals surface area contributed by atoms with Crippen LogP contribution in [0.4, 0.5) is 0 Å². The molecule has 1 aliphatic rings. The second kappa shape index (κ2) is 11.4. The molecule has 1 atom stereocenters. The van der Waals surface area contributed by atoms with Crippen molar-refractivity contribution in [1.82, 2.24) is 20.0 Å². The maximum Gasteiger partial charge on any atom is 0.194 e. The van der Waals surface area contributed by atoms with Crippen LogP contribution in [-0.4, -0.2) is 54.0 Å². The van der Waals surface area contributed by atoms with Crippen LogP contribution in [-0.2, 0) is 18.3 Å². The molecule has 0 bridgehead atoms. The Morgan fingerprint density at radius 1 is 1.38 bits per heavy atom. The lowest BCUT2D eigenvalue weighted by molar-refractivity contribution is -0.00805. The molecular formula is C21H32IN5O2. The van der Waals surface area contributed by atoms with Gasteiger partial charge in [0.2, 0.25) is 0 Å². The van der Waals surface area contributed by atoms with E-state index in [0.717, 1.165) is 35.9 Å². The maximum atomic E-state index is 5.96. The van der Waals surface area contributed by atoms with Crippen molar-refractivity contribution < 1.29 is 9.47 Å². The molecule has 2 heterocycles. The number of benzene rings is 1. The second-order valence-electron chi connectivity index (χ2n) is 7.47.